The fraction of sp³-hybridized carbons (Fsp3) is 0.625. The summed E-state index contributed by atoms with van der Waals surface area (Å²) < 4.78 is 6.91. The quantitative estimate of drug-likeness (QED) is 0.888. The van der Waals surface area contributed by atoms with E-state index in [9.17, 15) is 4.79 Å². The molecule has 0 aliphatic heterocycles. The lowest BCUT2D eigenvalue weighted by atomic mass is 9.99. The Morgan fingerprint density at radius 2 is 2.38 bits per heavy atom. The molecule has 0 amide bonds. The molecular formula is C16H23N3O2. The van der Waals surface area contributed by atoms with Gasteiger partial charge in [0, 0.05) is 18.8 Å². The maximum atomic E-state index is 11.9. The van der Waals surface area contributed by atoms with Crippen molar-refractivity contribution in [1.29, 1.82) is 0 Å². The molecule has 0 saturated heterocycles. The molecule has 0 spiro atoms. The van der Waals surface area contributed by atoms with Crippen LogP contribution in [0.3, 0.4) is 0 Å². The van der Waals surface area contributed by atoms with Crippen LogP contribution in [0.4, 0.5) is 0 Å². The van der Waals surface area contributed by atoms with Gasteiger partial charge in [0.2, 0.25) is 0 Å². The largest absolute Gasteiger partial charge is 0.421 e. The van der Waals surface area contributed by atoms with Gasteiger partial charge in [-0.25, -0.2) is 9.78 Å². The predicted molar refractivity (Wildman–Crippen MR) is 82.3 cm³/mol. The summed E-state index contributed by atoms with van der Waals surface area (Å²) in [4.78, 5) is 16.2. The molecule has 2 atom stereocenters. The van der Waals surface area contributed by atoms with Gasteiger partial charge in [-0.3, -0.25) is 4.57 Å². The molecule has 2 heterocycles. The Morgan fingerprint density at radius 3 is 3.24 bits per heavy atom. The SMILES string of the molecule is CCCNC1CCCC1CCn1c(=O)oc2cccnc21. The summed E-state index contributed by atoms with van der Waals surface area (Å²) in [5.74, 6) is 0.358. The number of nitrogens with zero attached hydrogens (tertiary/aromatic N) is 2. The van der Waals surface area contributed by atoms with Gasteiger partial charge in [-0.15, -0.1) is 0 Å². The first-order valence-electron chi connectivity index (χ1n) is 7.97. The van der Waals surface area contributed by atoms with Crippen molar-refractivity contribution >= 4 is 11.2 Å². The molecule has 21 heavy (non-hydrogen) atoms. The smallest absolute Gasteiger partial charge is 0.406 e. The number of aromatic nitrogens is 2. The molecule has 1 fully saturated rings. The van der Waals surface area contributed by atoms with E-state index < -0.39 is 0 Å². The van der Waals surface area contributed by atoms with Crippen molar-refractivity contribution < 1.29 is 4.42 Å². The summed E-state index contributed by atoms with van der Waals surface area (Å²) in [6, 6.07) is 4.19. The van der Waals surface area contributed by atoms with E-state index in [1.165, 1.54) is 25.7 Å². The zero-order valence-electron chi connectivity index (χ0n) is 12.5. The van der Waals surface area contributed by atoms with Gasteiger partial charge in [0.15, 0.2) is 11.2 Å². The van der Waals surface area contributed by atoms with Gasteiger partial charge >= 0.3 is 5.76 Å². The molecule has 3 rings (SSSR count). The summed E-state index contributed by atoms with van der Waals surface area (Å²) in [5.41, 5.74) is 1.24. The Labute approximate surface area is 124 Å². The van der Waals surface area contributed by atoms with Crippen molar-refractivity contribution in [3.63, 3.8) is 0 Å². The predicted octanol–water partition coefficient (Wildman–Crippen LogP) is 2.55. The lowest BCUT2D eigenvalue weighted by Gasteiger charge is -2.20. The van der Waals surface area contributed by atoms with E-state index in [4.69, 9.17) is 4.42 Å². The van der Waals surface area contributed by atoms with E-state index >= 15 is 0 Å². The molecule has 1 aliphatic rings. The Hall–Kier alpha value is -1.62. The Balaban J connectivity index is 1.69. The third-order valence-electron chi connectivity index (χ3n) is 4.46. The van der Waals surface area contributed by atoms with Gasteiger partial charge in [0.25, 0.3) is 0 Å². The molecule has 2 aromatic heterocycles. The van der Waals surface area contributed by atoms with Crippen LogP contribution in [-0.4, -0.2) is 22.1 Å². The molecule has 5 heteroatoms. The Morgan fingerprint density at radius 1 is 1.48 bits per heavy atom. The van der Waals surface area contributed by atoms with Gasteiger partial charge in [0.05, 0.1) is 0 Å². The first-order valence-corrected chi connectivity index (χ1v) is 7.97. The van der Waals surface area contributed by atoms with E-state index in [0.717, 1.165) is 13.0 Å². The minimum atomic E-state index is -0.292. The number of hydrogen-bond acceptors (Lipinski definition) is 4. The molecule has 1 saturated carbocycles. The van der Waals surface area contributed by atoms with Crippen LogP contribution in [0.25, 0.3) is 11.2 Å². The summed E-state index contributed by atoms with van der Waals surface area (Å²) in [7, 11) is 0. The second kappa shape index (κ2) is 6.43. The van der Waals surface area contributed by atoms with Crippen LogP contribution in [0.5, 0.6) is 0 Å². The van der Waals surface area contributed by atoms with E-state index in [2.05, 4.69) is 17.2 Å². The lowest BCUT2D eigenvalue weighted by Crippen LogP contribution is -2.33. The maximum Gasteiger partial charge on any atom is 0.421 e. The van der Waals surface area contributed by atoms with Crippen LogP contribution < -0.4 is 11.1 Å². The van der Waals surface area contributed by atoms with E-state index in [1.807, 2.05) is 0 Å². The van der Waals surface area contributed by atoms with Crippen LogP contribution in [0, 0.1) is 5.92 Å². The van der Waals surface area contributed by atoms with Crippen molar-refractivity contribution in [2.75, 3.05) is 6.54 Å². The van der Waals surface area contributed by atoms with Gasteiger partial charge in [-0.05, 0) is 50.3 Å². The molecule has 1 aliphatic carbocycles. The fourth-order valence-electron chi connectivity index (χ4n) is 3.37. The van der Waals surface area contributed by atoms with Gasteiger partial charge in [0.1, 0.15) is 0 Å². The molecule has 114 valence electrons. The average molecular weight is 289 g/mol. The highest BCUT2D eigenvalue weighted by Gasteiger charge is 2.26. The number of oxazole rings is 1. The van der Waals surface area contributed by atoms with Crippen LogP contribution in [0.15, 0.2) is 27.5 Å². The van der Waals surface area contributed by atoms with Crippen molar-refractivity contribution in [1.82, 2.24) is 14.9 Å². The lowest BCUT2D eigenvalue weighted by molar-refractivity contribution is 0.356. The number of pyridine rings is 1. The fourth-order valence-corrected chi connectivity index (χ4v) is 3.37. The number of rotatable bonds is 6. The number of nitrogens with one attached hydrogen (secondary N) is 1. The topological polar surface area (TPSA) is 60.1 Å². The van der Waals surface area contributed by atoms with Crippen LogP contribution in [0.1, 0.15) is 39.0 Å². The van der Waals surface area contributed by atoms with Crippen LogP contribution in [0.2, 0.25) is 0 Å². The standard InChI is InChI=1S/C16H23N3O2/c1-2-9-17-13-6-3-5-12(13)8-11-19-15-14(21-16(19)20)7-4-10-18-15/h4,7,10,12-13,17H,2-3,5-6,8-9,11H2,1H3. The van der Waals surface area contributed by atoms with E-state index in [1.54, 1.807) is 22.9 Å². The third kappa shape index (κ3) is 3.02. The molecule has 2 unspecified atom stereocenters. The minimum Gasteiger partial charge on any atom is -0.406 e. The van der Waals surface area contributed by atoms with Gasteiger partial charge in [-0.1, -0.05) is 13.3 Å². The Bertz CT molecular complexity index is 646. The maximum absolute atomic E-state index is 11.9. The second-order valence-corrected chi connectivity index (χ2v) is 5.89. The van der Waals surface area contributed by atoms with Gasteiger partial charge < -0.3 is 9.73 Å². The monoisotopic (exact) mass is 289 g/mol. The van der Waals surface area contributed by atoms with Crippen molar-refractivity contribution in [3.8, 4) is 0 Å². The zero-order chi connectivity index (χ0) is 14.7. The highest BCUT2D eigenvalue weighted by Crippen LogP contribution is 2.29. The van der Waals surface area contributed by atoms with Crippen molar-refractivity contribution in [2.24, 2.45) is 5.92 Å². The first kappa shape index (κ1) is 14.3. The van der Waals surface area contributed by atoms with Gasteiger partial charge in [-0.2, -0.15) is 0 Å². The summed E-state index contributed by atoms with van der Waals surface area (Å²) >= 11 is 0. The average Bonchev–Trinajstić information content (AvgIpc) is 3.06. The van der Waals surface area contributed by atoms with Crippen molar-refractivity contribution in [2.45, 2.75) is 51.6 Å². The van der Waals surface area contributed by atoms with Crippen LogP contribution >= 0.6 is 0 Å². The van der Waals surface area contributed by atoms with Crippen molar-refractivity contribution in [3.05, 3.63) is 28.9 Å². The summed E-state index contributed by atoms with van der Waals surface area (Å²) in [6.45, 7) is 3.97. The molecule has 2 aromatic rings. The first-order chi connectivity index (χ1) is 10.3. The zero-order valence-corrected chi connectivity index (χ0v) is 12.5. The van der Waals surface area contributed by atoms with E-state index in [-0.39, 0.29) is 5.76 Å². The third-order valence-corrected chi connectivity index (χ3v) is 4.46. The molecule has 0 aromatic carbocycles. The molecule has 0 bridgehead atoms. The number of fused-ring (bicyclic) bond motifs is 1. The van der Waals surface area contributed by atoms with E-state index in [0.29, 0.717) is 29.7 Å². The minimum absolute atomic E-state index is 0.292. The molecular weight excluding hydrogens is 266 g/mol. The molecule has 0 radical (unpaired) electrons. The molecule has 1 N–H and O–H groups in total. The number of aryl methyl sites for hydroxylation is 1. The van der Waals surface area contributed by atoms with Crippen LogP contribution in [-0.2, 0) is 6.54 Å². The Kier molecular flexibility index (Phi) is 4.39. The normalized spacial score (nSPS) is 22.1. The second-order valence-electron chi connectivity index (χ2n) is 5.89. The highest BCUT2D eigenvalue weighted by atomic mass is 16.4. The number of hydrogen-bond donors (Lipinski definition) is 1. The highest BCUT2D eigenvalue weighted by molar-refractivity contribution is 5.67. The molecule has 5 nitrogen and oxygen atoms in total. The summed E-state index contributed by atoms with van der Waals surface area (Å²) in [6.07, 6.45) is 7.66. The summed E-state index contributed by atoms with van der Waals surface area (Å²) in [5, 5.41) is 3.64.